The third-order valence-corrected chi connectivity index (χ3v) is 2.78. The summed E-state index contributed by atoms with van der Waals surface area (Å²) in [5.41, 5.74) is 0.499. The van der Waals surface area contributed by atoms with Crippen molar-refractivity contribution in [2.45, 2.75) is 18.9 Å². The van der Waals surface area contributed by atoms with Crippen LogP contribution in [0.25, 0.3) is 0 Å². The van der Waals surface area contributed by atoms with Gasteiger partial charge in [-0.1, -0.05) is 0 Å². The van der Waals surface area contributed by atoms with E-state index in [2.05, 4.69) is 10.6 Å². The highest BCUT2D eigenvalue weighted by molar-refractivity contribution is 5.94. The van der Waals surface area contributed by atoms with E-state index in [1.54, 1.807) is 0 Å². The van der Waals surface area contributed by atoms with Gasteiger partial charge in [0.15, 0.2) is 0 Å². The van der Waals surface area contributed by atoms with E-state index >= 15 is 0 Å². The standard InChI is InChI=1S/C12H15FN2O/c13-10-5-3-9(4-6-10)12(16)15-8-11-2-1-7-14-11/h3-6,11,14H,1-2,7-8H2,(H,15,16)/t11-/m1/s1. The van der Waals surface area contributed by atoms with Crippen LogP contribution in [0.15, 0.2) is 24.3 Å². The van der Waals surface area contributed by atoms with Crippen LogP contribution in [0, 0.1) is 5.82 Å². The zero-order chi connectivity index (χ0) is 11.4. The Morgan fingerprint density at radius 3 is 2.81 bits per heavy atom. The molecule has 2 rings (SSSR count). The van der Waals surface area contributed by atoms with Crippen molar-refractivity contribution >= 4 is 5.91 Å². The minimum Gasteiger partial charge on any atom is -0.350 e. The summed E-state index contributed by atoms with van der Waals surface area (Å²) in [4.78, 5) is 11.7. The third-order valence-electron chi connectivity index (χ3n) is 2.78. The molecule has 1 amide bonds. The molecule has 1 aromatic rings. The lowest BCUT2D eigenvalue weighted by atomic mass is 10.2. The fourth-order valence-corrected chi connectivity index (χ4v) is 1.85. The molecule has 0 unspecified atom stereocenters. The first kappa shape index (κ1) is 11.1. The minimum atomic E-state index is -0.325. The van der Waals surface area contributed by atoms with Gasteiger partial charge in [0.2, 0.25) is 0 Å². The van der Waals surface area contributed by atoms with Gasteiger partial charge in [-0.15, -0.1) is 0 Å². The summed E-state index contributed by atoms with van der Waals surface area (Å²) < 4.78 is 12.6. The predicted octanol–water partition coefficient (Wildman–Crippen LogP) is 1.31. The van der Waals surface area contributed by atoms with Crippen LogP contribution in [-0.2, 0) is 0 Å². The fourth-order valence-electron chi connectivity index (χ4n) is 1.85. The van der Waals surface area contributed by atoms with E-state index in [4.69, 9.17) is 0 Å². The topological polar surface area (TPSA) is 41.1 Å². The molecule has 0 saturated carbocycles. The molecule has 0 aromatic heterocycles. The van der Waals surface area contributed by atoms with E-state index in [0.717, 1.165) is 19.4 Å². The van der Waals surface area contributed by atoms with Crippen LogP contribution in [0.4, 0.5) is 4.39 Å². The van der Waals surface area contributed by atoms with Crippen LogP contribution in [0.3, 0.4) is 0 Å². The second-order valence-electron chi connectivity index (χ2n) is 4.01. The van der Waals surface area contributed by atoms with Crippen LogP contribution in [0.1, 0.15) is 23.2 Å². The maximum absolute atomic E-state index is 12.6. The predicted molar refractivity (Wildman–Crippen MR) is 59.8 cm³/mol. The first-order valence-electron chi connectivity index (χ1n) is 5.53. The Hall–Kier alpha value is -1.42. The summed E-state index contributed by atoms with van der Waals surface area (Å²) >= 11 is 0. The fraction of sp³-hybridized carbons (Fsp3) is 0.417. The lowest BCUT2D eigenvalue weighted by Crippen LogP contribution is -2.37. The van der Waals surface area contributed by atoms with E-state index < -0.39 is 0 Å². The summed E-state index contributed by atoms with van der Waals surface area (Å²) in [6.45, 7) is 1.66. The number of carbonyl (C=O) groups is 1. The average Bonchev–Trinajstić information content (AvgIpc) is 2.80. The van der Waals surface area contributed by atoms with E-state index in [0.29, 0.717) is 18.2 Å². The smallest absolute Gasteiger partial charge is 0.251 e. The van der Waals surface area contributed by atoms with Gasteiger partial charge < -0.3 is 10.6 Å². The summed E-state index contributed by atoms with van der Waals surface area (Å²) in [6.07, 6.45) is 2.26. The molecule has 1 aromatic carbocycles. The van der Waals surface area contributed by atoms with Gasteiger partial charge in [-0.3, -0.25) is 4.79 Å². The van der Waals surface area contributed by atoms with Crippen molar-refractivity contribution in [2.75, 3.05) is 13.1 Å². The van der Waals surface area contributed by atoms with Gasteiger partial charge in [-0.05, 0) is 43.7 Å². The Labute approximate surface area is 94.0 Å². The highest BCUT2D eigenvalue weighted by atomic mass is 19.1. The van der Waals surface area contributed by atoms with Crippen LogP contribution in [0.5, 0.6) is 0 Å². The first-order chi connectivity index (χ1) is 7.75. The molecule has 0 spiro atoms. The molecule has 4 heteroatoms. The first-order valence-corrected chi connectivity index (χ1v) is 5.53. The van der Waals surface area contributed by atoms with Crippen molar-refractivity contribution in [3.63, 3.8) is 0 Å². The average molecular weight is 222 g/mol. The highest BCUT2D eigenvalue weighted by Gasteiger charge is 2.15. The molecule has 1 heterocycles. The number of benzene rings is 1. The largest absolute Gasteiger partial charge is 0.350 e. The maximum atomic E-state index is 12.6. The maximum Gasteiger partial charge on any atom is 0.251 e. The molecular weight excluding hydrogens is 207 g/mol. The Morgan fingerprint density at radius 2 is 2.19 bits per heavy atom. The molecule has 1 aliphatic heterocycles. The number of carbonyl (C=O) groups excluding carboxylic acids is 1. The van der Waals surface area contributed by atoms with Gasteiger partial charge in [0.25, 0.3) is 5.91 Å². The lowest BCUT2D eigenvalue weighted by Gasteiger charge is -2.11. The van der Waals surface area contributed by atoms with Gasteiger partial charge in [-0.25, -0.2) is 4.39 Å². The number of hydrogen-bond acceptors (Lipinski definition) is 2. The summed E-state index contributed by atoms with van der Waals surface area (Å²) in [7, 11) is 0. The van der Waals surface area contributed by atoms with Crippen molar-refractivity contribution in [1.82, 2.24) is 10.6 Å². The molecule has 0 radical (unpaired) electrons. The Kier molecular flexibility index (Phi) is 3.51. The van der Waals surface area contributed by atoms with Crippen LogP contribution < -0.4 is 10.6 Å². The molecule has 86 valence electrons. The monoisotopic (exact) mass is 222 g/mol. The van der Waals surface area contributed by atoms with E-state index in [9.17, 15) is 9.18 Å². The highest BCUT2D eigenvalue weighted by Crippen LogP contribution is 2.05. The molecule has 0 bridgehead atoms. The van der Waals surface area contributed by atoms with Crippen molar-refractivity contribution in [2.24, 2.45) is 0 Å². The van der Waals surface area contributed by atoms with Gasteiger partial charge in [0.05, 0.1) is 0 Å². The molecule has 1 aliphatic rings. The van der Waals surface area contributed by atoms with Crippen LogP contribution in [0.2, 0.25) is 0 Å². The molecule has 2 N–H and O–H groups in total. The Balaban J connectivity index is 1.85. The molecule has 1 atom stereocenters. The lowest BCUT2D eigenvalue weighted by molar-refractivity contribution is 0.0950. The number of nitrogens with one attached hydrogen (secondary N) is 2. The molecule has 1 fully saturated rings. The second-order valence-corrected chi connectivity index (χ2v) is 4.01. The molecule has 3 nitrogen and oxygen atoms in total. The molecule has 16 heavy (non-hydrogen) atoms. The van der Waals surface area contributed by atoms with Gasteiger partial charge in [0, 0.05) is 18.2 Å². The number of amides is 1. The summed E-state index contributed by atoms with van der Waals surface area (Å²) in [5.74, 6) is -0.470. The van der Waals surface area contributed by atoms with Crippen molar-refractivity contribution in [3.8, 4) is 0 Å². The van der Waals surface area contributed by atoms with Gasteiger partial charge in [0.1, 0.15) is 5.82 Å². The van der Waals surface area contributed by atoms with Crippen molar-refractivity contribution in [1.29, 1.82) is 0 Å². The van der Waals surface area contributed by atoms with Crippen LogP contribution >= 0.6 is 0 Å². The van der Waals surface area contributed by atoms with E-state index in [1.165, 1.54) is 24.3 Å². The second kappa shape index (κ2) is 5.07. The Bertz CT molecular complexity index is 358. The zero-order valence-corrected chi connectivity index (χ0v) is 9.00. The molecular formula is C12H15FN2O. The van der Waals surface area contributed by atoms with Crippen LogP contribution in [-0.4, -0.2) is 25.0 Å². The summed E-state index contributed by atoms with van der Waals surface area (Å²) in [5, 5.41) is 6.13. The molecule has 0 aliphatic carbocycles. The number of halogens is 1. The Morgan fingerprint density at radius 1 is 1.44 bits per heavy atom. The van der Waals surface area contributed by atoms with E-state index in [-0.39, 0.29) is 11.7 Å². The van der Waals surface area contributed by atoms with E-state index in [1.807, 2.05) is 0 Å². The normalized spacial score (nSPS) is 19.7. The summed E-state index contributed by atoms with van der Waals surface area (Å²) in [6, 6.07) is 5.95. The van der Waals surface area contributed by atoms with Gasteiger partial charge >= 0.3 is 0 Å². The minimum absolute atomic E-state index is 0.145. The molecule has 1 saturated heterocycles. The SMILES string of the molecule is O=C(NC[C@H]1CCCN1)c1ccc(F)cc1. The number of hydrogen-bond donors (Lipinski definition) is 2. The van der Waals surface area contributed by atoms with Crippen molar-refractivity contribution < 1.29 is 9.18 Å². The van der Waals surface area contributed by atoms with Gasteiger partial charge in [-0.2, -0.15) is 0 Å². The number of rotatable bonds is 3. The third kappa shape index (κ3) is 2.79. The quantitative estimate of drug-likeness (QED) is 0.809. The van der Waals surface area contributed by atoms with Crippen molar-refractivity contribution in [3.05, 3.63) is 35.6 Å². The zero-order valence-electron chi connectivity index (χ0n) is 9.00.